The first kappa shape index (κ1) is 17.0. The number of Topliss-reactive ketones (excluding diaryl/α,β-unsaturated/α-hetero) is 1. The molecule has 0 saturated carbocycles. The number of rotatable bonds is 6. The van der Waals surface area contributed by atoms with Crippen molar-refractivity contribution in [2.75, 3.05) is 13.2 Å². The smallest absolute Gasteiger partial charge is 0.412 e. The predicted molar refractivity (Wildman–Crippen MR) is 45.7 cm³/mol. The fourth-order valence-corrected chi connectivity index (χ4v) is 0.920. The summed E-state index contributed by atoms with van der Waals surface area (Å²) in [7, 11) is -4.74. The van der Waals surface area contributed by atoms with E-state index in [9.17, 15) is 9.36 Å². The summed E-state index contributed by atoms with van der Waals surface area (Å²) < 4.78 is 14.0. The van der Waals surface area contributed by atoms with Crippen LogP contribution in [0, 0.1) is 0 Å². The van der Waals surface area contributed by atoms with Gasteiger partial charge in [0.1, 0.15) is 18.8 Å². The van der Waals surface area contributed by atoms with Gasteiger partial charge in [-0.15, -0.1) is 0 Å². The van der Waals surface area contributed by atoms with Crippen molar-refractivity contribution in [3.63, 3.8) is 0 Å². The number of carbonyl (C=O) groups excluding carboxylic acids is 1. The SMILES string of the molecule is O.O=C(CO)[C@H](O)[C@H](O)COP(=O)(O)O. The Hall–Kier alpha value is -0.380. The van der Waals surface area contributed by atoms with Gasteiger partial charge in [0.2, 0.25) is 0 Å². The van der Waals surface area contributed by atoms with Gasteiger partial charge in [-0.1, -0.05) is 0 Å². The molecular weight excluding hydrogens is 235 g/mol. The second kappa shape index (κ2) is 6.99. The van der Waals surface area contributed by atoms with Gasteiger partial charge in [0, 0.05) is 0 Å². The summed E-state index contributed by atoms with van der Waals surface area (Å²) in [4.78, 5) is 27.0. The normalized spacial score (nSPS) is 15.3. The number of phosphoric acid groups is 1. The lowest BCUT2D eigenvalue weighted by Gasteiger charge is -2.15. The largest absolute Gasteiger partial charge is 0.469 e. The van der Waals surface area contributed by atoms with Crippen LogP contribution in [0.5, 0.6) is 0 Å². The van der Waals surface area contributed by atoms with Gasteiger partial charge in [-0.2, -0.15) is 0 Å². The van der Waals surface area contributed by atoms with Gasteiger partial charge in [0.05, 0.1) is 6.61 Å². The average molecular weight is 248 g/mol. The molecule has 2 atom stereocenters. The Labute approximate surface area is 84.5 Å². The molecule has 0 saturated heterocycles. The lowest BCUT2D eigenvalue weighted by molar-refractivity contribution is -0.137. The van der Waals surface area contributed by atoms with E-state index in [4.69, 9.17) is 25.1 Å². The van der Waals surface area contributed by atoms with Gasteiger partial charge >= 0.3 is 7.82 Å². The van der Waals surface area contributed by atoms with Crippen LogP contribution in [0.15, 0.2) is 0 Å². The van der Waals surface area contributed by atoms with Crippen molar-refractivity contribution in [1.82, 2.24) is 0 Å². The van der Waals surface area contributed by atoms with Crippen molar-refractivity contribution in [3.8, 4) is 0 Å². The zero-order valence-electron chi connectivity index (χ0n) is 7.48. The van der Waals surface area contributed by atoms with E-state index in [1.54, 1.807) is 0 Å². The summed E-state index contributed by atoms with van der Waals surface area (Å²) in [6, 6.07) is 0. The van der Waals surface area contributed by atoms with E-state index < -0.39 is 39.0 Å². The molecular formula is C5H13O9P. The first-order valence-electron chi connectivity index (χ1n) is 3.47. The first-order chi connectivity index (χ1) is 6.28. The van der Waals surface area contributed by atoms with E-state index in [0.717, 1.165) is 0 Å². The second-order valence-electron chi connectivity index (χ2n) is 2.42. The van der Waals surface area contributed by atoms with E-state index in [1.807, 2.05) is 0 Å². The molecule has 0 unspecified atom stereocenters. The van der Waals surface area contributed by atoms with E-state index in [-0.39, 0.29) is 5.48 Å². The van der Waals surface area contributed by atoms with Crippen LogP contribution in [0.25, 0.3) is 0 Å². The Bertz CT molecular complexity index is 235. The quantitative estimate of drug-likeness (QED) is 0.301. The number of hydrogen-bond acceptors (Lipinski definition) is 6. The first-order valence-corrected chi connectivity index (χ1v) is 5.00. The predicted octanol–water partition coefficient (Wildman–Crippen LogP) is -3.45. The number of phosphoric ester groups is 1. The summed E-state index contributed by atoms with van der Waals surface area (Å²) in [5.41, 5.74) is 0. The second-order valence-corrected chi connectivity index (χ2v) is 3.66. The fourth-order valence-electron chi connectivity index (χ4n) is 0.573. The van der Waals surface area contributed by atoms with Gasteiger partial charge in [-0.25, -0.2) is 4.57 Å². The Morgan fingerprint density at radius 3 is 2.13 bits per heavy atom. The van der Waals surface area contributed by atoms with Gasteiger partial charge in [0.15, 0.2) is 5.78 Å². The molecule has 0 aliphatic heterocycles. The lowest BCUT2D eigenvalue weighted by atomic mass is 10.1. The Morgan fingerprint density at radius 1 is 1.33 bits per heavy atom. The Kier molecular flexibility index (Phi) is 7.93. The van der Waals surface area contributed by atoms with Crippen LogP contribution < -0.4 is 0 Å². The highest BCUT2D eigenvalue weighted by molar-refractivity contribution is 7.46. The average Bonchev–Trinajstić information content (AvgIpc) is 2.10. The molecule has 0 aromatic carbocycles. The maximum Gasteiger partial charge on any atom is 0.469 e. The van der Waals surface area contributed by atoms with Crippen LogP contribution in [0.1, 0.15) is 0 Å². The van der Waals surface area contributed by atoms with Crippen molar-refractivity contribution < 1.29 is 44.5 Å². The van der Waals surface area contributed by atoms with Crippen LogP contribution in [0.2, 0.25) is 0 Å². The van der Waals surface area contributed by atoms with Crippen LogP contribution in [0.3, 0.4) is 0 Å². The molecule has 0 rings (SSSR count). The summed E-state index contributed by atoms with van der Waals surface area (Å²) in [6.45, 7) is -1.88. The molecule has 92 valence electrons. The van der Waals surface area contributed by atoms with E-state index >= 15 is 0 Å². The number of carbonyl (C=O) groups is 1. The lowest BCUT2D eigenvalue weighted by Crippen LogP contribution is -2.38. The van der Waals surface area contributed by atoms with Crippen LogP contribution in [-0.4, -0.2) is 61.8 Å². The summed E-state index contributed by atoms with van der Waals surface area (Å²) >= 11 is 0. The number of aliphatic hydroxyl groups is 3. The molecule has 0 spiro atoms. The third-order valence-corrected chi connectivity index (χ3v) is 1.75. The zero-order valence-corrected chi connectivity index (χ0v) is 8.37. The molecule has 0 aliphatic rings. The molecule has 0 aromatic heterocycles. The molecule has 7 N–H and O–H groups in total. The van der Waals surface area contributed by atoms with Crippen molar-refractivity contribution in [3.05, 3.63) is 0 Å². The highest BCUT2D eigenvalue weighted by Gasteiger charge is 2.26. The highest BCUT2D eigenvalue weighted by Crippen LogP contribution is 2.35. The standard InChI is InChI=1S/C5H11O8P.H2O/c6-1-3(7)5(9)4(8)2-13-14(10,11)12;/h4-6,8-9H,1-2H2,(H2,10,11,12);1H2/t4-,5+;/m1./s1. The molecule has 9 nitrogen and oxygen atoms in total. The van der Waals surface area contributed by atoms with E-state index in [2.05, 4.69) is 4.52 Å². The minimum atomic E-state index is -4.74. The number of aliphatic hydroxyl groups excluding tert-OH is 3. The summed E-state index contributed by atoms with van der Waals surface area (Å²) in [6.07, 6.45) is -3.71. The van der Waals surface area contributed by atoms with Gasteiger partial charge in [0.25, 0.3) is 0 Å². The van der Waals surface area contributed by atoms with Crippen molar-refractivity contribution >= 4 is 13.6 Å². The molecule has 0 amide bonds. The van der Waals surface area contributed by atoms with Crippen molar-refractivity contribution in [2.45, 2.75) is 12.2 Å². The third kappa shape index (κ3) is 7.54. The molecule has 0 fully saturated rings. The number of ketones is 1. The molecule has 15 heavy (non-hydrogen) atoms. The van der Waals surface area contributed by atoms with Crippen molar-refractivity contribution in [1.29, 1.82) is 0 Å². The van der Waals surface area contributed by atoms with Crippen LogP contribution in [0.4, 0.5) is 0 Å². The molecule has 0 heterocycles. The Balaban J connectivity index is 0. The maximum absolute atomic E-state index is 10.6. The molecule has 10 heteroatoms. The minimum Gasteiger partial charge on any atom is -0.412 e. The monoisotopic (exact) mass is 248 g/mol. The van der Waals surface area contributed by atoms with Crippen LogP contribution in [-0.2, 0) is 13.9 Å². The van der Waals surface area contributed by atoms with Gasteiger partial charge in [-0.3, -0.25) is 9.32 Å². The van der Waals surface area contributed by atoms with Gasteiger partial charge < -0.3 is 30.6 Å². The number of hydrogen-bond donors (Lipinski definition) is 5. The molecule has 0 aliphatic carbocycles. The van der Waals surface area contributed by atoms with E-state index in [1.165, 1.54) is 0 Å². The molecule has 0 aromatic rings. The maximum atomic E-state index is 10.6. The topological polar surface area (TPSA) is 176 Å². The van der Waals surface area contributed by atoms with Crippen molar-refractivity contribution in [2.24, 2.45) is 0 Å². The fraction of sp³-hybridized carbons (Fsp3) is 0.800. The summed E-state index contributed by atoms with van der Waals surface area (Å²) in [5.74, 6) is -1.06. The summed E-state index contributed by atoms with van der Waals surface area (Å²) in [5, 5.41) is 26.1. The molecule has 0 radical (unpaired) electrons. The Morgan fingerprint density at radius 2 is 1.80 bits per heavy atom. The van der Waals surface area contributed by atoms with E-state index in [0.29, 0.717) is 0 Å². The van der Waals surface area contributed by atoms with Gasteiger partial charge in [-0.05, 0) is 0 Å². The zero-order chi connectivity index (χ0) is 11.4. The highest BCUT2D eigenvalue weighted by atomic mass is 31.2. The minimum absolute atomic E-state index is 0. The molecule has 0 bridgehead atoms. The van der Waals surface area contributed by atoms with Crippen LogP contribution >= 0.6 is 7.82 Å². The third-order valence-electron chi connectivity index (χ3n) is 1.26.